The van der Waals surface area contributed by atoms with E-state index in [9.17, 15) is 9.59 Å². The first-order valence-electron chi connectivity index (χ1n) is 4.40. The molecule has 0 radical (unpaired) electrons. The Hall–Kier alpha value is -0.880. The quantitative estimate of drug-likeness (QED) is 0.879. The highest BCUT2D eigenvalue weighted by Gasteiger charge is 2.17. The predicted octanol–water partition coefficient (Wildman–Crippen LogP) is 2.41. The van der Waals surface area contributed by atoms with Crippen molar-refractivity contribution < 1.29 is 14.7 Å². The van der Waals surface area contributed by atoms with E-state index in [0.29, 0.717) is 10.0 Å². The number of rotatable bonds is 3. The maximum absolute atomic E-state index is 11.7. The average Bonchev–Trinajstić information content (AvgIpc) is 2.21. The van der Waals surface area contributed by atoms with Gasteiger partial charge in [0.2, 0.25) is 0 Å². The molecule has 0 heterocycles. The number of benzene rings is 1. The van der Waals surface area contributed by atoms with Gasteiger partial charge in [0.15, 0.2) is 0 Å². The third kappa shape index (κ3) is 3.31. The molecule has 1 aromatic carbocycles. The van der Waals surface area contributed by atoms with Crippen LogP contribution < -0.4 is 5.32 Å². The number of hydrogen-bond acceptors (Lipinski definition) is 2. The summed E-state index contributed by atoms with van der Waals surface area (Å²) in [5, 5.41) is 11.0. The first-order chi connectivity index (χ1) is 7.41. The Morgan fingerprint density at radius 3 is 2.56 bits per heavy atom. The minimum atomic E-state index is -1.07. The van der Waals surface area contributed by atoms with Crippen molar-refractivity contribution in [3.8, 4) is 0 Å². The second kappa shape index (κ2) is 5.45. The van der Waals surface area contributed by atoms with E-state index in [1.54, 1.807) is 18.2 Å². The lowest BCUT2D eigenvalue weighted by molar-refractivity contribution is -0.138. The topological polar surface area (TPSA) is 66.4 Å². The smallest absolute Gasteiger partial charge is 0.325 e. The van der Waals surface area contributed by atoms with Crippen LogP contribution in [0.3, 0.4) is 0 Å². The number of aliphatic carboxylic acids is 1. The molecule has 1 aromatic rings. The zero-order valence-corrected chi connectivity index (χ0v) is 11.5. The number of nitrogens with one attached hydrogen (secondary N) is 1. The zero-order valence-electron chi connectivity index (χ0n) is 8.33. The number of carbonyl (C=O) groups is 2. The van der Waals surface area contributed by atoms with Crippen molar-refractivity contribution in [2.24, 2.45) is 0 Å². The van der Waals surface area contributed by atoms with Crippen LogP contribution in [0.25, 0.3) is 0 Å². The minimum absolute atomic E-state index is 0.391. The van der Waals surface area contributed by atoms with Gasteiger partial charge >= 0.3 is 5.97 Å². The van der Waals surface area contributed by atoms with Gasteiger partial charge in [-0.05, 0) is 41.1 Å². The summed E-state index contributed by atoms with van der Waals surface area (Å²) >= 11 is 6.47. The number of carboxylic acid groups (broad SMARTS) is 1. The van der Waals surface area contributed by atoms with Crippen molar-refractivity contribution in [1.29, 1.82) is 0 Å². The Labute approximate surface area is 109 Å². The lowest BCUT2D eigenvalue weighted by Gasteiger charge is -2.10. The van der Waals surface area contributed by atoms with Crippen molar-refractivity contribution in [3.63, 3.8) is 0 Å². The highest BCUT2D eigenvalue weighted by atomic mass is 79.9. The third-order valence-electron chi connectivity index (χ3n) is 1.89. The summed E-state index contributed by atoms with van der Waals surface area (Å²) in [6.45, 7) is 1.41. The molecule has 1 rings (SSSR count). The highest BCUT2D eigenvalue weighted by Crippen LogP contribution is 2.21. The number of halogens is 2. The lowest BCUT2D eigenvalue weighted by Crippen LogP contribution is -2.38. The van der Waals surface area contributed by atoms with Crippen LogP contribution in [-0.2, 0) is 4.79 Å². The molecule has 2 N–H and O–H groups in total. The van der Waals surface area contributed by atoms with Gasteiger partial charge in [0.25, 0.3) is 5.91 Å². The van der Waals surface area contributed by atoms with Crippen molar-refractivity contribution in [2.45, 2.75) is 13.0 Å². The molecule has 0 aliphatic heterocycles. The molecule has 0 spiro atoms. The van der Waals surface area contributed by atoms with E-state index in [0.717, 1.165) is 4.47 Å². The van der Waals surface area contributed by atoms with E-state index in [-0.39, 0.29) is 0 Å². The van der Waals surface area contributed by atoms with E-state index in [4.69, 9.17) is 5.11 Å². The maximum atomic E-state index is 11.7. The van der Waals surface area contributed by atoms with E-state index >= 15 is 0 Å². The van der Waals surface area contributed by atoms with Gasteiger partial charge < -0.3 is 10.4 Å². The second-order valence-corrected chi connectivity index (χ2v) is 4.93. The molecular weight excluding hydrogens is 342 g/mol. The van der Waals surface area contributed by atoms with Gasteiger partial charge in [-0.1, -0.05) is 15.9 Å². The Bertz CT molecular complexity index is 434. The van der Waals surface area contributed by atoms with E-state index in [2.05, 4.69) is 37.2 Å². The number of hydrogen-bond donors (Lipinski definition) is 2. The molecule has 6 heteroatoms. The van der Waals surface area contributed by atoms with Gasteiger partial charge in [0.05, 0.1) is 5.56 Å². The Balaban J connectivity index is 2.88. The molecule has 0 fully saturated rings. The van der Waals surface area contributed by atoms with Crippen molar-refractivity contribution >= 4 is 43.7 Å². The fourth-order valence-electron chi connectivity index (χ4n) is 1.01. The van der Waals surface area contributed by atoms with Crippen molar-refractivity contribution in [1.82, 2.24) is 5.32 Å². The molecule has 1 atom stereocenters. The highest BCUT2D eigenvalue weighted by molar-refractivity contribution is 9.11. The zero-order chi connectivity index (χ0) is 12.3. The Morgan fingerprint density at radius 2 is 2.00 bits per heavy atom. The summed E-state index contributed by atoms with van der Waals surface area (Å²) in [6.07, 6.45) is 0. The van der Waals surface area contributed by atoms with E-state index in [1.807, 2.05) is 0 Å². The monoisotopic (exact) mass is 349 g/mol. The fourth-order valence-corrected chi connectivity index (χ4v) is 1.80. The van der Waals surface area contributed by atoms with Crippen molar-refractivity contribution in [2.75, 3.05) is 0 Å². The van der Waals surface area contributed by atoms with Crippen LogP contribution in [0.15, 0.2) is 27.1 Å². The predicted molar refractivity (Wildman–Crippen MR) is 66.4 cm³/mol. The van der Waals surface area contributed by atoms with Crippen LogP contribution in [0.5, 0.6) is 0 Å². The van der Waals surface area contributed by atoms with Gasteiger partial charge in [-0.15, -0.1) is 0 Å². The van der Waals surface area contributed by atoms with Gasteiger partial charge in [-0.2, -0.15) is 0 Å². The third-order valence-corrected chi connectivity index (χ3v) is 3.08. The van der Waals surface area contributed by atoms with Crippen LogP contribution in [0.1, 0.15) is 17.3 Å². The normalized spacial score (nSPS) is 11.9. The summed E-state index contributed by atoms with van der Waals surface area (Å²) in [5.74, 6) is -1.50. The minimum Gasteiger partial charge on any atom is -0.480 e. The molecule has 0 aromatic heterocycles. The molecule has 16 heavy (non-hydrogen) atoms. The summed E-state index contributed by atoms with van der Waals surface area (Å²) < 4.78 is 1.37. The van der Waals surface area contributed by atoms with Gasteiger partial charge in [0, 0.05) is 8.95 Å². The molecule has 4 nitrogen and oxygen atoms in total. The van der Waals surface area contributed by atoms with Crippen LogP contribution >= 0.6 is 31.9 Å². The SMILES string of the molecule is C[C@@H](NC(=O)c1cc(Br)ccc1Br)C(=O)O. The summed E-state index contributed by atoms with van der Waals surface area (Å²) in [5.41, 5.74) is 0.391. The molecule has 0 aliphatic rings. The van der Waals surface area contributed by atoms with Gasteiger partial charge in [-0.3, -0.25) is 9.59 Å². The first-order valence-corrected chi connectivity index (χ1v) is 5.99. The molecule has 0 saturated heterocycles. The summed E-state index contributed by atoms with van der Waals surface area (Å²) in [4.78, 5) is 22.3. The molecule has 1 amide bonds. The van der Waals surface area contributed by atoms with Crippen LogP contribution in [0.4, 0.5) is 0 Å². The van der Waals surface area contributed by atoms with Gasteiger partial charge in [-0.25, -0.2) is 0 Å². The molecule has 0 saturated carbocycles. The van der Waals surface area contributed by atoms with Crippen LogP contribution in [-0.4, -0.2) is 23.0 Å². The Kier molecular flexibility index (Phi) is 4.49. The maximum Gasteiger partial charge on any atom is 0.325 e. The van der Waals surface area contributed by atoms with Crippen LogP contribution in [0, 0.1) is 0 Å². The fraction of sp³-hybridized carbons (Fsp3) is 0.200. The summed E-state index contributed by atoms with van der Waals surface area (Å²) in [7, 11) is 0. The van der Waals surface area contributed by atoms with Gasteiger partial charge in [0.1, 0.15) is 6.04 Å². The summed E-state index contributed by atoms with van der Waals surface area (Å²) in [6, 6.07) is 4.19. The van der Waals surface area contributed by atoms with Crippen LogP contribution in [0.2, 0.25) is 0 Å². The van der Waals surface area contributed by atoms with E-state index in [1.165, 1.54) is 6.92 Å². The lowest BCUT2D eigenvalue weighted by atomic mass is 10.2. The second-order valence-electron chi connectivity index (χ2n) is 3.16. The Morgan fingerprint density at radius 1 is 1.38 bits per heavy atom. The number of carbonyl (C=O) groups excluding carboxylic acids is 1. The standard InChI is InChI=1S/C10H9Br2NO3/c1-5(10(15)16)13-9(14)7-4-6(11)2-3-8(7)12/h2-5H,1H3,(H,13,14)(H,15,16)/t5-/m1/s1. The van der Waals surface area contributed by atoms with E-state index < -0.39 is 17.9 Å². The number of carboxylic acids is 1. The average molecular weight is 351 g/mol. The first kappa shape index (κ1) is 13.2. The molecule has 86 valence electrons. The molecule has 0 aliphatic carbocycles. The largest absolute Gasteiger partial charge is 0.480 e. The van der Waals surface area contributed by atoms with Crippen molar-refractivity contribution in [3.05, 3.63) is 32.7 Å². The molecule has 0 bridgehead atoms. The molecular formula is C10H9Br2NO3. The molecule has 0 unspecified atom stereocenters. The number of amides is 1.